The molecule has 0 saturated heterocycles. The molecule has 0 amide bonds. The second-order valence-corrected chi connectivity index (χ2v) is 6.27. The Labute approximate surface area is 140 Å². The van der Waals surface area contributed by atoms with Crippen molar-refractivity contribution >= 4 is 34.1 Å². The summed E-state index contributed by atoms with van der Waals surface area (Å²) < 4.78 is 0. The molecule has 0 aliphatic carbocycles. The van der Waals surface area contributed by atoms with Gasteiger partial charge in [0, 0.05) is 22.8 Å². The van der Waals surface area contributed by atoms with Crippen LogP contribution in [0.2, 0.25) is 5.02 Å². The first-order valence-corrected chi connectivity index (χ1v) is 8.10. The Morgan fingerprint density at radius 2 is 2.00 bits per heavy atom. The minimum absolute atomic E-state index is 0.143. The molecule has 112 valence electrons. The number of hydrogen-bond acceptors (Lipinski definition) is 2. The molecular formula is C18H16Cl2N2. The Kier molecular flexibility index (Phi) is 4.32. The fourth-order valence-corrected chi connectivity index (χ4v) is 3.02. The maximum atomic E-state index is 6.40. The minimum atomic E-state index is -0.143. The van der Waals surface area contributed by atoms with Crippen molar-refractivity contribution in [3.63, 3.8) is 0 Å². The van der Waals surface area contributed by atoms with Gasteiger partial charge in [-0.15, -0.1) is 11.6 Å². The van der Waals surface area contributed by atoms with Gasteiger partial charge in [0.25, 0.3) is 0 Å². The van der Waals surface area contributed by atoms with Crippen LogP contribution in [0.1, 0.15) is 30.5 Å². The highest BCUT2D eigenvalue weighted by atomic mass is 35.5. The number of rotatable bonds is 3. The van der Waals surface area contributed by atoms with Gasteiger partial charge in [0.15, 0.2) is 0 Å². The number of halogens is 2. The third-order valence-electron chi connectivity index (χ3n) is 3.73. The third kappa shape index (κ3) is 2.69. The number of benzene rings is 1. The molecule has 0 saturated carbocycles. The summed E-state index contributed by atoms with van der Waals surface area (Å²) in [5.74, 6) is 0. The van der Waals surface area contributed by atoms with Gasteiger partial charge in [-0.2, -0.15) is 0 Å². The van der Waals surface area contributed by atoms with Crippen LogP contribution in [-0.2, 0) is 6.42 Å². The molecule has 2 aromatic heterocycles. The van der Waals surface area contributed by atoms with Crippen LogP contribution in [0.5, 0.6) is 0 Å². The number of nitrogens with zero attached hydrogens (tertiary/aromatic N) is 2. The van der Waals surface area contributed by atoms with Crippen LogP contribution in [0.15, 0.2) is 42.6 Å². The minimum Gasteiger partial charge on any atom is -0.261 e. The molecule has 0 radical (unpaired) electrons. The van der Waals surface area contributed by atoms with Gasteiger partial charge in [-0.3, -0.25) is 4.98 Å². The van der Waals surface area contributed by atoms with Crippen molar-refractivity contribution in [2.24, 2.45) is 0 Å². The van der Waals surface area contributed by atoms with Crippen LogP contribution in [-0.4, -0.2) is 9.97 Å². The van der Waals surface area contributed by atoms with Crippen molar-refractivity contribution in [3.8, 4) is 11.3 Å². The Hall–Kier alpha value is -1.64. The first-order valence-electron chi connectivity index (χ1n) is 7.29. The number of para-hydroxylation sites is 1. The summed E-state index contributed by atoms with van der Waals surface area (Å²) in [5, 5.41) is 1.51. The molecule has 0 fully saturated rings. The van der Waals surface area contributed by atoms with Crippen molar-refractivity contribution in [2.45, 2.75) is 25.6 Å². The molecule has 1 atom stereocenters. The van der Waals surface area contributed by atoms with E-state index in [1.165, 1.54) is 0 Å². The lowest BCUT2D eigenvalue weighted by Crippen LogP contribution is -2.00. The van der Waals surface area contributed by atoms with E-state index in [-0.39, 0.29) is 5.38 Å². The van der Waals surface area contributed by atoms with Crippen LogP contribution in [0.25, 0.3) is 22.2 Å². The molecule has 0 aliphatic rings. The molecule has 4 heteroatoms. The molecule has 1 unspecified atom stereocenters. The second kappa shape index (κ2) is 6.23. The van der Waals surface area contributed by atoms with Crippen molar-refractivity contribution in [2.75, 3.05) is 0 Å². The van der Waals surface area contributed by atoms with Crippen molar-refractivity contribution in [1.82, 2.24) is 9.97 Å². The van der Waals surface area contributed by atoms with Crippen LogP contribution in [0.4, 0.5) is 0 Å². The Balaban J connectivity index is 2.36. The molecule has 0 N–H and O–H groups in total. The fourth-order valence-electron chi connectivity index (χ4n) is 2.63. The smallest absolute Gasteiger partial charge is 0.0895 e. The van der Waals surface area contributed by atoms with E-state index in [2.05, 4.69) is 18.0 Å². The van der Waals surface area contributed by atoms with Gasteiger partial charge in [-0.1, -0.05) is 30.7 Å². The Morgan fingerprint density at radius 3 is 2.73 bits per heavy atom. The molecule has 2 nitrogen and oxygen atoms in total. The summed E-state index contributed by atoms with van der Waals surface area (Å²) in [6.45, 7) is 4.05. The first-order chi connectivity index (χ1) is 10.6. The summed E-state index contributed by atoms with van der Waals surface area (Å²) in [7, 11) is 0. The zero-order valence-corrected chi connectivity index (χ0v) is 14.0. The first kappa shape index (κ1) is 15.3. The predicted molar refractivity (Wildman–Crippen MR) is 93.6 cm³/mol. The van der Waals surface area contributed by atoms with Crippen LogP contribution in [0, 0.1) is 0 Å². The van der Waals surface area contributed by atoms with E-state index in [0.29, 0.717) is 5.02 Å². The van der Waals surface area contributed by atoms with E-state index in [1.54, 1.807) is 6.20 Å². The van der Waals surface area contributed by atoms with Crippen molar-refractivity contribution in [1.29, 1.82) is 0 Å². The standard InChI is InChI=1S/C18H16Cl2N2/c1-3-16-13(7-5-9-21-16)18-14(11(2)19)10-12-6-4-8-15(20)17(12)22-18/h4-11H,3H2,1-2H3. The molecule has 3 aromatic rings. The van der Waals surface area contributed by atoms with Gasteiger partial charge in [0.1, 0.15) is 0 Å². The van der Waals surface area contributed by atoms with E-state index >= 15 is 0 Å². The maximum Gasteiger partial charge on any atom is 0.0895 e. The lowest BCUT2D eigenvalue weighted by molar-refractivity contribution is 1.02. The monoisotopic (exact) mass is 330 g/mol. The van der Waals surface area contributed by atoms with Gasteiger partial charge in [0.2, 0.25) is 0 Å². The molecule has 3 rings (SSSR count). The van der Waals surface area contributed by atoms with Crippen LogP contribution >= 0.6 is 23.2 Å². The summed E-state index contributed by atoms with van der Waals surface area (Å²) in [6, 6.07) is 11.8. The van der Waals surface area contributed by atoms with Gasteiger partial charge >= 0.3 is 0 Å². The highest BCUT2D eigenvalue weighted by molar-refractivity contribution is 6.35. The molecule has 22 heavy (non-hydrogen) atoms. The second-order valence-electron chi connectivity index (χ2n) is 5.20. The number of hydrogen-bond donors (Lipinski definition) is 0. The molecule has 0 aliphatic heterocycles. The van der Waals surface area contributed by atoms with E-state index in [1.807, 2.05) is 37.3 Å². The third-order valence-corrected chi connectivity index (χ3v) is 4.27. The molecular weight excluding hydrogens is 315 g/mol. The van der Waals surface area contributed by atoms with Gasteiger partial charge in [0.05, 0.1) is 21.6 Å². The zero-order valence-electron chi connectivity index (χ0n) is 12.5. The predicted octanol–water partition coefficient (Wildman–Crippen LogP) is 5.81. The van der Waals surface area contributed by atoms with E-state index < -0.39 is 0 Å². The lowest BCUT2D eigenvalue weighted by Gasteiger charge is -2.15. The topological polar surface area (TPSA) is 25.8 Å². The van der Waals surface area contributed by atoms with E-state index in [9.17, 15) is 0 Å². The highest BCUT2D eigenvalue weighted by Crippen LogP contribution is 2.35. The largest absolute Gasteiger partial charge is 0.261 e. The summed E-state index contributed by atoms with van der Waals surface area (Å²) in [5.41, 5.74) is 4.70. The summed E-state index contributed by atoms with van der Waals surface area (Å²) in [6.07, 6.45) is 2.65. The number of aromatic nitrogens is 2. The fraction of sp³-hybridized carbons (Fsp3) is 0.222. The Bertz CT molecular complexity index is 828. The van der Waals surface area contributed by atoms with Crippen LogP contribution in [0.3, 0.4) is 0 Å². The van der Waals surface area contributed by atoms with Crippen molar-refractivity contribution < 1.29 is 0 Å². The lowest BCUT2D eigenvalue weighted by atomic mass is 9.99. The Morgan fingerprint density at radius 1 is 1.18 bits per heavy atom. The quantitative estimate of drug-likeness (QED) is 0.566. The van der Waals surface area contributed by atoms with Crippen LogP contribution < -0.4 is 0 Å². The zero-order chi connectivity index (χ0) is 15.7. The van der Waals surface area contributed by atoms with Gasteiger partial charge in [-0.25, -0.2) is 4.98 Å². The molecule has 2 heterocycles. The SMILES string of the molecule is CCc1ncccc1-c1nc2c(Cl)cccc2cc1C(C)Cl. The molecule has 0 spiro atoms. The highest BCUT2D eigenvalue weighted by Gasteiger charge is 2.17. The van der Waals surface area contributed by atoms with Gasteiger partial charge in [-0.05, 0) is 43.2 Å². The average molecular weight is 331 g/mol. The maximum absolute atomic E-state index is 6.40. The van der Waals surface area contributed by atoms with Gasteiger partial charge < -0.3 is 0 Å². The summed E-state index contributed by atoms with van der Waals surface area (Å²) >= 11 is 12.7. The van der Waals surface area contributed by atoms with Crippen molar-refractivity contribution in [3.05, 3.63) is 58.9 Å². The average Bonchev–Trinajstić information content (AvgIpc) is 2.54. The number of fused-ring (bicyclic) bond motifs is 1. The van der Waals surface area contributed by atoms with E-state index in [0.717, 1.165) is 39.8 Å². The molecule has 1 aromatic carbocycles. The molecule has 0 bridgehead atoms. The van der Waals surface area contributed by atoms with E-state index in [4.69, 9.17) is 28.2 Å². The summed E-state index contributed by atoms with van der Waals surface area (Å²) in [4.78, 5) is 9.28. The number of alkyl halides is 1. The number of aryl methyl sites for hydroxylation is 1. The normalized spacial score (nSPS) is 12.5. The number of pyridine rings is 2.